The first-order valence-electron chi connectivity index (χ1n) is 8.70. The summed E-state index contributed by atoms with van der Waals surface area (Å²) in [4.78, 5) is 32.1. The number of benzene rings is 1. The third kappa shape index (κ3) is 3.48. The van der Waals surface area contributed by atoms with Gasteiger partial charge in [-0.1, -0.05) is 30.9 Å². The highest BCUT2D eigenvalue weighted by atomic mass is 32.1. The molecular weight excluding hydrogens is 408 g/mol. The van der Waals surface area contributed by atoms with Crippen LogP contribution in [0, 0.1) is 0 Å². The van der Waals surface area contributed by atoms with Gasteiger partial charge in [0.25, 0.3) is 5.91 Å². The van der Waals surface area contributed by atoms with Gasteiger partial charge in [0.2, 0.25) is 5.78 Å². The van der Waals surface area contributed by atoms with E-state index in [4.69, 9.17) is 4.74 Å². The fourth-order valence-corrected chi connectivity index (χ4v) is 4.50. The number of amides is 1. The fraction of sp³-hybridized carbons (Fsp3) is 0.0952. The molecule has 1 aliphatic rings. The molecule has 4 rings (SSSR count). The van der Waals surface area contributed by atoms with E-state index in [0.717, 1.165) is 0 Å². The Morgan fingerprint density at radius 2 is 2.14 bits per heavy atom. The van der Waals surface area contributed by atoms with Gasteiger partial charge in [0.05, 0.1) is 16.5 Å². The average molecular weight is 425 g/mol. The van der Waals surface area contributed by atoms with E-state index in [1.54, 1.807) is 59.4 Å². The highest BCUT2D eigenvalue weighted by Crippen LogP contribution is 2.43. The van der Waals surface area contributed by atoms with Crippen molar-refractivity contribution in [3.63, 3.8) is 0 Å². The number of nitrogens with zero attached hydrogens (tertiary/aromatic N) is 2. The lowest BCUT2D eigenvalue weighted by molar-refractivity contribution is -0.117. The number of thiazole rings is 1. The number of carbonyl (C=O) groups excluding carboxylic acids is 2. The molecule has 0 fully saturated rings. The Balaban J connectivity index is 1.84. The zero-order valence-corrected chi connectivity index (χ0v) is 16.8. The van der Waals surface area contributed by atoms with Crippen molar-refractivity contribution < 1.29 is 19.4 Å². The summed E-state index contributed by atoms with van der Waals surface area (Å²) in [6.45, 7) is 3.96. The molecule has 1 N–H and O–H groups in total. The summed E-state index contributed by atoms with van der Waals surface area (Å²) >= 11 is 2.51. The van der Waals surface area contributed by atoms with Gasteiger partial charge in [0.15, 0.2) is 10.9 Å². The lowest BCUT2D eigenvalue weighted by Crippen LogP contribution is -2.30. The van der Waals surface area contributed by atoms with Gasteiger partial charge in [-0.2, -0.15) is 0 Å². The van der Waals surface area contributed by atoms with E-state index in [0.29, 0.717) is 27.9 Å². The van der Waals surface area contributed by atoms with Crippen molar-refractivity contribution in [2.75, 3.05) is 11.5 Å². The Bertz CT molecular complexity index is 1090. The second kappa shape index (κ2) is 8.02. The van der Waals surface area contributed by atoms with Crippen LogP contribution in [0.4, 0.5) is 5.13 Å². The maximum atomic E-state index is 13.2. The van der Waals surface area contributed by atoms with Crippen molar-refractivity contribution in [2.45, 2.75) is 6.04 Å². The quantitative estimate of drug-likeness (QED) is 0.445. The van der Waals surface area contributed by atoms with Crippen molar-refractivity contribution in [3.8, 4) is 5.75 Å². The molecule has 6 nitrogen and oxygen atoms in total. The average Bonchev–Trinajstić information content (AvgIpc) is 3.48. The molecule has 0 spiro atoms. The Kier molecular flexibility index (Phi) is 5.28. The number of anilines is 1. The summed E-state index contributed by atoms with van der Waals surface area (Å²) in [6, 6.07) is 9.72. The minimum Gasteiger partial charge on any atom is -0.503 e. The number of aromatic nitrogens is 1. The standard InChI is InChI=1S/C21H16N2O4S2/c1-2-9-27-14-6-3-5-13(12-14)17-16(18(24)15-7-4-10-28-15)19(25)20(26)23(17)21-22-8-11-29-21/h2-8,10-12,17,25H,1,9H2. The van der Waals surface area contributed by atoms with Gasteiger partial charge in [-0.15, -0.1) is 22.7 Å². The highest BCUT2D eigenvalue weighted by molar-refractivity contribution is 7.14. The molecular formula is C21H16N2O4S2. The third-order valence-corrected chi connectivity index (χ3v) is 6.00. The number of aliphatic hydroxyl groups excluding tert-OH is 1. The van der Waals surface area contributed by atoms with E-state index in [2.05, 4.69) is 11.6 Å². The van der Waals surface area contributed by atoms with Crippen molar-refractivity contribution in [1.29, 1.82) is 0 Å². The maximum absolute atomic E-state index is 13.2. The number of aliphatic hydroxyl groups is 1. The van der Waals surface area contributed by atoms with Crippen molar-refractivity contribution >= 4 is 39.5 Å². The number of carbonyl (C=O) groups is 2. The minimum atomic E-state index is -0.810. The van der Waals surface area contributed by atoms with Crippen LogP contribution in [-0.2, 0) is 4.79 Å². The highest BCUT2D eigenvalue weighted by Gasteiger charge is 2.45. The van der Waals surface area contributed by atoms with Crippen LogP contribution in [0.2, 0.25) is 0 Å². The molecule has 0 bridgehead atoms. The number of hydrogen-bond donors (Lipinski definition) is 1. The molecule has 1 atom stereocenters. The van der Waals surface area contributed by atoms with Crippen molar-refractivity contribution in [2.24, 2.45) is 0 Å². The van der Waals surface area contributed by atoms with E-state index in [9.17, 15) is 14.7 Å². The molecule has 0 saturated heterocycles. The molecule has 1 aromatic carbocycles. The number of ether oxygens (including phenoxy) is 1. The monoisotopic (exact) mass is 424 g/mol. The number of ketones is 1. The Hall–Kier alpha value is -3.23. The SMILES string of the molecule is C=CCOc1cccc(C2C(C(=O)c3cccs3)=C(O)C(=O)N2c2nccs2)c1. The van der Waals surface area contributed by atoms with Crippen LogP contribution in [0.3, 0.4) is 0 Å². The van der Waals surface area contributed by atoms with Crippen LogP contribution in [0.5, 0.6) is 5.75 Å². The van der Waals surface area contributed by atoms with E-state index in [-0.39, 0.29) is 11.4 Å². The van der Waals surface area contributed by atoms with Gasteiger partial charge >= 0.3 is 0 Å². The van der Waals surface area contributed by atoms with Crippen LogP contribution in [0.1, 0.15) is 21.3 Å². The van der Waals surface area contributed by atoms with Gasteiger partial charge in [0.1, 0.15) is 12.4 Å². The van der Waals surface area contributed by atoms with Gasteiger partial charge < -0.3 is 9.84 Å². The van der Waals surface area contributed by atoms with Crippen LogP contribution in [0.25, 0.3) is 0 Å². The summed E-state index contributed by atoms with van der Waals surface area (Å²) < 4.78 is 5.61. The molecule has 8 heteroatoms. The maximum Gasteiger partial charge on any atom is 0.296 e. The van der Waals surface area contributed by atoms with Crippen LogP contribution in [-0.4, -0.2) is 28.4 Å². The smallest absolute Gasteiger partial charge is 0.296 e. The van der Waals surface area contributed by atoms with E-state index >= 15 is 0 Å². The van der Waals surface area contributed by atoms with Crippen molar-refractivity contribution in [3.05, 3.63) is 87.8 Å². The molecule has 1 amide bonds. The molecule has 2 aromatic heterocycles. The summed E-state index contributed by atoms with van der Waals surface area (Å²) in [5, 5.41) is 14.6. The third-order valence-electron chi connectivity index (χ3n) is 4.36. The molecule has 0 aliphatic carbocycles. The number of rotatable bonds is 7. The first kappa shape index (κ1) is 19.1. The number of thiophene rings is 1. The van der Waals surface area contributed by atoms with Crippen LogP contribution >= 0.6 is 22.7 Å². The lowest BCUT2D eigenvalue weighted by Gasteiger charge is -2.24. The van der Waals surface area contributed by atoms with Crippen LogP contribution < -0.4 is 9.64 Å². The van der Waals surface area contributed by atoms with Gasteiger partial charge in [-0.05, 0) is 29.1 Å². The molecule has 0 saturated carbocycles. The zero-order valence-electron chi connectivity index (χ0n) is 15.1. The summed E-state index contributed by atoms with van der Waals surface area (Å²) in [7, 11) is 0. The van der Waals surface area contributed by atoms with Crippen molar-refractivity contribution in [1.82, 2.24) is 4.98 Å². The first-order valence-corrected chi connectivity index (χ1v) is 10.5. The minimum absolute atomic E-state index is 0.0357. The lowest BCUT2D eigenvalue weighted by atomic mass is 9.95. The number of Topliss-reactive ketones (excluding diaryl/α,β-unsaturated/α-hetero) is 1. The Morgan fingerprint density at radius 3 is 2.83 bits per heavy atom. The van der Waals surface area contributed by atoms with Crippen LogP contribution in [0.15, 0.2) is 77.3 Å². The van der Waals surface area contributed by atoms with E-state index in [1.165, 1.54) is 27.6 Å². The summed E-state index contributed by atoms with van der Waals surface area (Å²) in [5.74, 6) is -1.01. The first-order chi connectivity index (χ1) is 14.1. The van der Waals surface area contributed by atoms with Gasteiger partial charge in [-0.25, -0.2) is 4.98 Å². The van der Waals surface area contributed by atoms with E-state index < -0.39 is 17.7 Å². The Labute approximate surface area is 175 Å². The predicted molar refractivity (Wildman–Crippen MR) is 113 cm³/mol. The van der Waals surface area contributed by atoms with Gasteiger partial charge in [0, 0.05) is 11.6 Å². The molecule has 3 aromatic rings. The Morgan fingerprint density at radius 1 is 1.28 bits per heavy atom. The fourth-order valence-electron chi connectivity index (χ4n) is 3.15. The second-order valence-corrected chi connectivity index (χ2v) is 7.95. The molecule has 3 heterocycles. The van der Waals surface area contributed by atoms with Gasteiger partial charge in [-0.3, -0.25) is 14.5 Å². The largest absolute Gasteiger partial charge is 0.503 e. The second-order valence-electron chi connectivity index (χ2n) is 6.13. The topological polar surface area (TPSA) is 79.7 Å². The molecule has 29 heavy (non-hydrogen) atoms. The predicted octanol–water partition coefficient (Wildman–Crippen LogP) is 4.55. The summed E-state index contributed by atoms with van der Waals surface area (Å²) in [5.41, 5.74) is 0.674. The van der Waals surface area contributed by atoms with E-state index in [1.807, 2.05) is 0 Å². The summed E-state index contributed by atoms with van der Waals surface area (Å²) in [6.07, 6.45) is 3.20. The molecule has 146 valence electrons. The molecule has 1 aliphatic heterocycles. The molecule has 1 unspecified atom stereocenters. The zero-order chi connectivity index (χ0) is 20.4. The molecule has 0 radical (unpaired) electrons. The number of hydrogen-bond acceptors (Lipinski definition) is 7. The normalized spacial score (nSPS) is 16.3.